The molecule has 0 heterocycles. The second kappa shape index (κ2) is 5.67. The number of hydrogen-bond donors (Lipinski definition) is 0. The van der Waals surface area contributed by atoms with E-state index in [9.17, 15) is 4.79 Å². The molecule has 0 spiro atoms. The smallest absolute Gasteiger partial charge is 0.337 e. The standard InChI is InChI=1S/C21H26O2/c1-15(10-11-16-8-6-5-7-9-16)19(22)23-18-14-17-12-13-21(18,4)20(17,2)3/h5-11,17-18H,1,12-14H2,2-4H3. The SMILES string of the molecule is C=C(C=Cc1ccccc1)C(=O)OC1CC2CCC1(C)C2(C)C. The van der Waals surface area contributed by atoms with E-state index in [4.69, 9.17) is 4.74 Å². The molecule has 0 N–H and O–H groups in total. The Labute approximate surface area is 139 Å². The highest BCUT2D eigenvalue weighted by Gasteiger charge is 2.62. The Morgan fingerprint density at radius 3 is 2.52 bits per heavy atom. The number of carbonyl (C=O) groups is 1. The zero-order valence-electron chi connectivity index (χ0n) is 14.3. The molecule has 2 nitrogen and oxygen atoms in total. The zero-order valence-corrected chi connectivity index (χ0v) is 14.3. The van der Waals surface area contributed by atoms with Crippen molar-refractivity contribution < 1.29 is 9.53 Å². The van der Waals surface area contributed by atoms with Crippen molar-refractivity contribution in [2.75, 3.05) is 0 Å². The summed E-state index contributed by atoms with van der Waals surface area (Å²) in [6.07, 6.45) is 7.06. The molecule has 2 saturated carbocycles. The predicted octanol–water partition coefficient (Wildman–Crippen LogP) is 5.01. The first kappa shape index (κ1) is 16.0. The van der Waals surface area contributed by atoms with E-state index in [0.29, 0.717) is 11.5 Å². The van der Waals surface area contributed by atoms with E-state index in [0.717, 1.165) is 18.4 Å². The third-order valence-corrected chi connectivity index (χ3v) is 6.50. The van der Waals surface area contributed by atoms with Crippen LogP contribution >= 0.6 is 0 Å². The van der Waals surface area contributed by atoms with E-state index in [1.54, 1.807) is 6.08 Å². The van der Waals surface area contributed by atoms with Crippen LogP contribution < -0.4 is 0 Å². The molecule has 0 amide bonds. The van der Waals surface area contributed by atoms with Gasteiger partial charge in [0.05, 0.1) is 5.57 Å². The first-order valence-corrected chi connectivity index (χ1v) is 8.47. The molecule has 23 heavy (non-hydrogen) atoms. The average Bonchev–Trinajstić information content (AvgIpc) is 2.87. The van der Waals surface area contributed by atoms with E-state index >= 15 is 0 Å². The molecule has 2 bridgehead atoms. The molecular weight excluding hydrogens is 284 g/mol. The predicted molar refractivity (Wildman–Crippen MR) is 93.7 cm³/mol. The van der Waals surface area contributed by atoms with Gasteiger partial charge in [-0.3, -0.25) is 0 Å². The van der Waals surface area contributed by atoms with Gasteiger partial charge in [-0.2, -0.15) is 0 Å². The fourth-order valence-corrected chi connectivity index (χ4v) is 4.34. The molecule has 0 aliphatic heterocycles. The molecule has 2 heteroatoms. The normalized spacial score (nSPS) is 31.4. The minimum atomic E-state index is -0.285. The average molecular weight is 310 g/mol. The number of benzene rings is 1. The minimum absolute atomic E-state index is 0.0191. The van der Waals surface area contributed by atoms with E-state index in [-0.39, 0.29) is 22.9 Å². The van der Waals surface area contributed by atoms with Crippen LogP contribution in [0.25, 0.3) is 6.08 Å². The Bertz CT molecular complexity index is 641. The van der Waals surface area contributed by atoms with Gasteiger partial charge in [0.25, 0.3) is 0 Å². The topological polar surface area (TPSA) is 26.3 Å². The van der Waals surface area contributed by atoms with Gasteiger partial charge in [-0.05, 0) is 42.2 Å². The summed E-state index contributed by atoms with van der Waals surface area (Å²) in [6.45, 7) is 10.8. The van der Waals surface area contributed by atoms with Gasteiger partial charge >= 0.3 is 5.97 Å². The highest BCUT2D eigenvalue weighted by atomic mass is 16.5. The van der Waals surface area contributed by atoms with Gasteiger partial charge < -0.3 is 4.74 Å². The van der Waals surface area contributed by atoms with Crippen LogP contribution in [-0.4, -0.2) is 12.1 Å². The molecule has 122 valence electrons. The van der Waals surface area contributed by atoms with Gasteiger partial charge in [0.15, 0.2) is 0 Å². The lowest BCUT2D eigenvalue weighted by molar-refractivity contribution is -0.151. The lowest BCUT2D eigenvalue weighted by Gasteiger charge is -2.38. The van der Waals surface area contributed by atoms with Gasteiger partial charge in [0, 0.05) is 5.41 Å². The molecule has 0 radical (unpaired) electrons. The van der Waals surface area contributed by atoms with Gasteiger partial charge in [-0.1, -0.05) is 63.8 Å². The van der Waals surface area contributed by atoms with Crippen LogP contribution in [0.4, 0.5) is 0 Å². The fourth-order valence-electron chi connectivity index (χ4n) is 4.34. The quantitative estimate of drug-likeness (QED) is 0.444. The van der Waals surface area contributed by atoms with Gasteiger partial charge in [-0.25, -0.2) is 4.79 Å². The molecule has 2 aliphatic carbocycles. The number of rotatable bonds is 4. The molecule has 1 aromatic carbocycles. The highest BCUT2D eigenvalue weighted by Crippen LogP contribution is 2.66. The monoisotopic (exact) mass is 310 g/mol. The second-order valence-electron chi connectivity index (χ2n) is 7.77. The molecule has 3 unspecified atom stereocenters. The van der Waals surface area contributed by atoms with Crippen molar-refractivity contribution in [1.82, 2.24) is 0 Å². The third-order valence-electron chi connectivity index (χ3n) is 6.50. The van der Waals surface area contributed by atoms with Gasteiger partial charge in [0.1, 0.15) is 6.10 Å². The van der Waals surface area contributed by atoms with E-state index in [1.807, 2.05) is 36.4 Å². The minimum Gasteiger partial charge on any atom is -0.458 e. The van der Waals surface area contributed by atoms with Crippen molar-refractivity contribution in [3.8, 4) is 0 Å². The number of ether oxygens (including phenoxy) is 1. The summed E-state index contributed by atoms with van der Waals surface area (Å²) < 4.78 is 5.84. The van der Waals surface area contributed by atoms with Gasteiger partial charge in [-0.15, -0.1) is 0 Å². The first-order chi connectivity index (χ1) is 10.8. The lowest BCUT2D eigenvalue weighted by atomic mass is 9.70. The Hall–Kier alpha value is -1.83. The summed E-state index contributed by atoms with van der Waals surface area (Å²) in [7, 11) is 0. The number of carbonyl (C=O) groups excluding carboxylic acids is 1. The summed E-state index contributed by atoms with van der Waals surface area (Å²) in [5.41, 5.74) is 1.81. The number of esters is 1. The van der Waals surface area contributed by atoms with Crippen LogP contribution in [0.2, 0.25) is 0 Å². The molecule has 2 fully saturated rings. The van der Waals surface area contributed by atoms with Crippen LogP contribution in [0.15, 0.2) is 48.6 Å². The Balaban J connectivity index is 1.64. The van der Waals surface area contributed by atoms with E-state index in [2.05, 4.69) is 27.4 Å². The van der Waals surface area contributed by atoms with E-state index in [1.165, 1.54) is 6.42 Å². The maximum Gasteiger partial charge on any atom is 0.337 e. The Morgan fingerprint density at radius 1 is 1.26 bits per heavy atom. The van der Waals surface area contributed by atoms with E-state index < -0.39 is 0 Å². The highest BCUT2D eigenvalue weighted by molar-refractivity contribution is 5.92. The molecule has 0 saturated heterocycles. The van der Waals surface area contributed by atoms with Crippen LogP contribution in [0.1, 0.15) is 45.6 Å². The first-order valence-electron chi connectivity index (χ1n) is 8.47. The molecule has 2 aliphatic rings. The fraction of sp³-hybridized carbons (Fsp3) is 0.476. The van der Waals surface area contributed by atoms with Crippen molar-refractivity contribution in [2.24, 2.45) is 16.7 Å². The molecule has 0 aromatic heterocycles. The van der Waals surface area contributed by atoms with Crippen molar-refractivity contribution in [3.63, 3.8) is 0 Å². The van der Waals surface area contributed by atoms with Crippen molar-refractivity contribution in [1.29, 1.82) is 0 Å². The summed E-state index contributed by atoms with van der Waals surface area (Å²) in [6, 6.07) is 9.90. The molecule has 3 rings (SSSR count). The molecule has 3 atom stereocenters. The summed E-state index contributed by atoms with van der Waals surface area (Å²) >= 11 is 0. The largest absolute Gasteiger partial charge is 0.458 e. The van der Waals surface area contributed by atoms with Crippen LogP contribution in [0.3, 0.4) is 0 Å². The van der Waals surface area contributed by atoms with Crippen molar-refractivity contribution >= 4 is 12.0 Å². The van der Waals surface area contributed by atoms with Crippen LogP contribution in [-0.2, 0) is 9.53 Å². The maximum absolute atomic E-state index is 12.4. The van der Waals surface area contributed by atoms with Crippen LogP contribution in [0.5, 0.6) is 0 Å². The summed E-state index contributed by atoms with van der Waals surface area (Å²) in [5.74, 6) is 0.380. The number of hydrogen-bond acceptors (Lipinski definition) is 2. The molecular formula is C21H26O2. The van der Waals surface area contributed by atoms with Crippen molar-refractivity contribution in [2.45, 2.75) is 46.1 Å². The second-order valence-corrected chi connectivity index (χ2v) is 7.77. The maximum atomic E-state index is 12.4. The summed E-state index contributed by atoms with van der Waals surface area (Å²) in [4.78, 5) is 12.4. The van der Waals surface area contributed by atoms with Crippen LogP contribution in [0, 0.1) is 16.7 Å². The van der Waals surface area contributed by atoms with Gasteiger partial charge in [0.2, 0.25) is 0 Å². The Morgan fingerprint density at radius 2 is 1.96 bits per heavy atom. The zero-order chi connectivity index (χ0) is 16.7. The third kappa shape index (κ3) is 2.65. The Kier molecular flexibility index (Phi) is 3.95. The lowest BCUT2D eigenvalue weighted by Crippen LogP contribution is -2.38. The summed E-state index contributed by atoms with van der Waals surface area (Å²) in [5, 5.41) is 0. The molecule has 1 aromatic rings. The van der Waals surface area contributed by atoms with Crippen molar-refractivity contribution in [3.05, 3.63) is 54.1 Å². The number of fused-ring (bicyclic) bond motifs is 2.